The number of hydrogen-bond donors (Lipinski definition) is 2. The summed E-state index contributed by atoms with van der Waals surface area (Å²) >= 11 is 0. The van der Waals surface area contributed by atoms with Crippen LogP contribution in [0.3, 0.4) is 0 Å². The Balaban J connectivity index is 0.00000256. The molecule has 0 saturated carbocycles. The van der Waals surface area contributed by atoms with E-state index in [1.54, 1.807) is 0 Å². The average molecular weight is 349 g/mol. The molecule has 1 atom stereocenters. The molecular weight excluding hydrogens is 325 g/mol. The Hall–Kier alpha value is -0.520. The number of aliphatic imine (C=N–C) groups is 1. The molecule has 3 nitrogen and oxygen atoms in total. The number of nitrogens with one attached hydrogen (secondary N) is 2. The first-order valence-electron chi connectivity index (χ1n) is 6.15. The molecule has 0 heterocycles. The van der Waals surface area contributed by atoms with Gasteiger partial charge in [-0.2, -0.15) is 0 Å². The van der Waals surface area contributed by atoms with E-state index in [0.717, 1.165) is 25.6 Å². The van der Waals surface area contributed by atoms with E-state index in [1.165, 1.54) is 19.3 Å². The highest BCUT2D eigenvalue weighted by Gasteiger charge is 2.09. The number of halogens is 1. The van der Waals surface area contributed by atoms with E-state index in [9.17, 15) is 0 Å². The van der Waals surface area contributed by atoms with Gasteiger partial charge < -0.3 is 10.6 Å². The first-order chi connectivity index (χ1) is 7.86. The Bertz CT molecular complexity index is 261. The molecule has 0 fully saturated rings. The van der Waals surface area contributed by atoms with Crippen LogP contribution in [0.5, 0.6) is 0 Å². The standard InChI is InChI=1S/C13H23N3.HI/c1-3-10-15-13(14-4-2)16-11-12-8-6-5-7-9-12;/h3,5-6,12H,1,4,7-11H2,2H3,(H2,14,15,16);1H. The van der Waals surface area contributed by atoms with Gasteiger partial charge in [0.05, 0.1) is 0 Å². The summed E-state index contributed by atoms with van der Waals surface area (Å²) in [5.74, 6) is 1.61. The maximum absolute atomic E-state index is 4.59. The zero-order valence-corrected chi connectivity index (χ0v) is 12.9. The van der Waals surface area contributed by atoms with Crippen LogP contribution in [-0.2, 0) is 0 Å². The van der Waals surface area contributed by atoms with Crippen LogP contribution in [0.25, 0.3) is 0 Å². The van der Waals surface area contributed by atoms with Crippen molar-refractivity contribution in [1.29, 1.82) is 0 Å². The lowest BCUT2D eigenvalue weighted by molar-refractivity contribution is 0.490. The van der Waals surface area contributed by atoms with Crippen LogP contribution < -0.4 is 10.6 Å². The minimum Gasteiger partial charge on any atom is -0.357 e. The number of rotatable bonds is 5. The number of nitrogens with zero attached hydrogens (tertiary/aromatic N) is 1. The summed E-state index contributed by atoms with van der Waals surface area (Å²) in [6.07, 6.45) is 10.0. The van der Waals surface area contributed by atoms with E-state index in [-0.39, 0.29) is 24.0 Å². The molecule has 0 aromatic rings. The highest BCUT2D eigenvalue weighted by atomic mass is 127. The van der Waals surface area contributed by atoms with Gasteiger partial charge in [0.2, 0.25) is 0 Å². The monoisotopic (exact) mass is 349 g/mol. The van der Waals surface area contributed by atoms with Crippen molar-refractivity contribution >= 4 is 29.9 Å². The van der Waals surface area contributed by atoms with Crippen LogP contribution in [0.4, 0.5) is 0 Å². The summed E-state index contributed by atoms with van der Waals surface area (Å²) in [7, 11) is 0. The summed E-state index contributed by atoms with van der Waals surface area (Å²) in [5, 5.41) is 6.44. The third-order valence-corrected chi connectivity index (χ3v) is 2.64. The summed E-state index contributed by atoms with van der Waals surface area (Å²) in [6.45, 7) is 8.34. The SMILES string of the molecule is C=CCNC(=NCC1CC=CCC1)NCC.I. The number of guanidine groups is 1. The van der Waals surface area contributed by atoms with Crippen molar-refractivity contribution in [2.45, 2.75) is 26.2 Å². The van der Waals surface area contributed by atoms with Crippen molar-refractivity contribution in [2.75, 3.05) is 19.6 Å². The fraction of sp³-hybridized carbons (Fsp3) is 0.615. The molecule has 17 heavy (non-hydrogen) atoms. The van der Waals surface area contributed by atoms with E-state index >= 15 is 0 Å². The van der Waals surface area contributed by atoms with Crippen LogP contribution in [0.1, 0.15) is 26.2 Å². The molecule has 1 aliphatic carbocycles. The molecule has 0 amide bonds. The minimum absolute atomic E-state index is 0. The second kappa shape index (κ2) is 10.6. The molecule has 1 rings (SSSR count). The van der Waals surface area contributed by atoms with Gasteiger partial charge in [0.15, 0.2) is 5.96 Å². The number of hydrogen-bond acceptors (Lipinski definition) is 1. The van der Waals surface area contributed by atoms with Crippen molar-refractivity contribution < 1.29 is 0 Å². The lowest BCUT2D eigenvalue weighted by Gasteiger charge is -2.16. The van der Waals surface area contributed by atoms with Crippen LogP contribution in [-0.4, -0.2) is 25.6 Å². The minimum atomic E-state index is 0. The van der Waals surface area contributed by atoms with Gasteiger partial charge in [-0.05, 0) is 32.1 Å². The van der Waals surface area contributed by atoms with Crippen molar-refractivity contribution in [3.05, 3.63) is 24.8 Å². The highest BCUT2D eigenvalue weighted by Crippen LogP contribution is 2.17. The molecule has 1 unspecified atom stereocenters. The first kappa shape index (κ1) is 16.5. The molecule has 1 aliphatic rings. The smallest absolute Gasteiger partial charge is 0.191 e. The Morgan fingerprint density at radius 1 is 1.47 bits per heavy atom. The predicted molar refractivity (Wildman–Crippen MR) is 86.1 cm³/mol. The fourth-order valence-corrected chi connectivity index (χ4v) is 1.75. The average Bonchev–Trinajstić information content (AvgIpc) is 2.34. The van der Waals surface area contributed by atoms with E-state index in [2.05, 4.69) is 41.3 Å². The third-order valence-electron chi connectivity index (χ3n) is 2.64. The summed E-state index contributed by atoms with van der Waals surface area (Å²) < 4.78 is 0. The summed E-state index contributed by atoms with van der Waals surface area (Å²) in [6, 6.07) is 0. The van der Waals surface area contributed by atoms with Gasteiger partial charge in [0, 0.05) is 19.6 Å². The van der Waals surface area contributed by atoms with E-state index in [4.69, 9.17) is 0 Å². The molecule has 0 aliphatic heterocycles. The Kier molecular flexibility index (Phi) is 10.3. The van der Waals surface area contributed by atoms with Crippen molar-refractivity contribution in [2.24, 2.45) is 10.9 Å². The van der Waals surface area contributed by atoms with Gasteiger partial charge >= 0.3 is 0 Å². The van der Waals surface area contributed by atoms with Crippen LogP contribution in [0.15, 0.2) is 29.8 Å². The van der Waals surface area contributed by atoms with Crippen LogP contribution >= 0.6 is 24.0 Å². The lowest BCUT2D eigenvalue weighted by atomic mass is 9.95. The van der Waals surface area contributed by atoms with E-state index in [0.29, 0.717) is 5.92 Å². The van der Waals surface area contributed by atoms with Crippen LogP contribution in [0, 0.1) is 5.92 Å². The molecule has 0 aromatic carbocycles. The Morgan fingerprint density at radius 3 is 2.88 bits per heavy atom. The zero-order valence-electron chi connectivity index (χ0n) is 10.6. The third kappa shape index (κ3) is 7.41. The van der Waals surface area contributed by atoms with Gasteiger partial charge in [0.25, 0.3) is 0 Å². The van der Waals surface area contributed by atoms with Crippen molar-refractivity contribution in [3.8, 4) is 0 Å². The van der Waals surface area contributed by atoms with Gasteiger partial charge in [0.1, 0.15) is 0 Å². The lowest BCUT2D eigenvalue weighted by Crippen LogP contribution is -2.37. The Morgan fingerprint density at radius 2 is 2.29 bits per heavy atom. The molecule has 0 radical (unpaired) electrons. The summed E-state index contributed by atoms with van der Waals surface area (Å²) in [4.78, 5) is 4.59. The second-order valence-electron chi connectivity index (χ2n) is 4.04. The second-order valence-corrected chi connectivity index (χ2v) is 4.04. The first-order valence-corrected chi connectivity index (χ1v) is 6.15. The fourth-order valence-electron chi connectivity index (χ4n) is 1.75. The predicted octanol–water partition coefficient (Wildman–Crippen LogP) is 2.70. The largest absolute Gasteiger partial charge is 0.357 e. The topological polar surface area (TPSA) is 36.4 Å². The maximum atomic E-state index is 4.59. The normalized spacial score (nSPS) is 19.4. The van der Waals surface area contributed by atoms with E-state index < -0.39 is 0 Å². The van der Waals surface area contributed by atoms with Crippen molar-refractivity contribution in [3.63, 3.8) is 0 Å². The molecule has 0 saturated heterocycles. The van der Waals surface area contributed by atoms with Crippen molar-refractivity contribution in [1.82, 2.24) is 10.6 Å². The molecule has 4 heteroatoms. The molecule has 0 bridgehead atoms. The zero-order chi connectivity index (χ0) is 11.6. The Labute approximate surface area is 122 Å². The number of allylic oxidation sites excluding steroid dienone is 2. The summed E-state index contributed by atoms with van der Waals surface area (Å²) in [5.41, 5.74) is 0. The maximum Gasteiger partial charge on any atom is 0.191 e. The molecule has 98 valence electrons. The molecular formula is C13H24IN3. The quantitative estimate of drug-likeness (QED) is 0.347. The van der Waals surface area contributed by atoms with Gasteiger partial charge in [-0.15, -0.1) is 30.6 Å². The van der Waals surface area contributed by atoms with E-state index in [1.807, 2.05) is 6.08 Å². The highest BCUT2D eigenvalue weighted by molar-refractivity contribution is 14.0. The molecule has 0 aromatic heterocycles. The van der Waals surface area contributed by atoms with Gasteiger partial charge in [-0.3, -0.25) is 4.99 Å². The molecule has 0 spiro atoms. The van der Waals surface area contributed by atoms with Gasteiger partial charge in [-0.1, -0.05) is 18.2 Å². The van der Waals surface area contributed by atoms with Crippen LogP contribution in [0.2, 0.25) is 0 Å². The molecule has 2 N–H and O–H groups in total. The van der Waals surface area contributed by atoms with Gasteiger partial charge in [-0.25, -0.2) is 0 Å².